The average Bonchev–Trinajstić information content (AvgIpc) is 3.12. The molecule has 0 aliphatic rings. The Morgan fingerprint density at radius 3 is 2.13 bits per heavy atom. The van der Waals surface area contributed by atoms with Gasteiger partial charge in [0.1, 0.15) is 18.4 Å². The van der Waals surface area contributed by atoms with Crippen molar-refractivity contribution >= 4 is 33.6 Å². The molecule has 0 aliphatic heterocycles. The summed E-state index contributed by atoms with van der Waals surface area (Å²) in [5, 5.41) is 2.41. The Morgan fingerprint density at radius 2 is 1.48 bits per heavy atom. The summed E-state index contributed by atoms with van der Waals surface area (Å²) in [5.74, 6) is 1.55. The second-order valence-electron chi connectivity index (χ2n) is 7.52. The van der Waals surface area contributed by atoms with E-state index in [1.165, 1.54) is 50.7 Å². The van der Waals surface area contributed by atoms with E-state index < -0.39 is 0 Å². The number of methoxy groups -OCH3 is 1. The molecule has 6 heteroatoms. The number of thioether (sulfide) groups is 1. The molecule has 0 atom stereocenters. The lowest BCUT2D eigenvalue weighted by atomic mass is 10.0. The second kappa shape index (κ2) is 7.71. The quantitative estimate of drug-likeness (QED) is 0.331. The maximum absolute atomic E-state index is 5.52. The summed E-state index contributed by atoms with van der Waals surface area (Å²) >= 11 is 1.75. The highest BCUT2D eigenvalue weighted by atomic mass is 32.2. The molecule has 0 aliphatic carbocycles. The molecule has 5 rings (SSSR count). The van der Waals surface area contributed by atoms with E-state index in [1.54, 1.807) is 18.9 Å². The van der Waals surface area contributed by atoms with Gasteiger partial charge in [-0.1, -0.05) is 0 Å². The number of aromatic nitrogens is 4. The Bertz CT molecular complexity index is 1340. The van der Waals surface area contributed by atoms with Crippen LogP contribution in [-0.4, -0.2) is 32.9 Å². The Hall–Kier alpha value is -3.38. The molecule has 0 N–H and O–H groups in total. The summed E-state index contributed by atoms with van der Waals surface area (Å²) in [5.41, 5.74) is 6.85. The first-order valence-electron chi connectivity index (χ1n) is 10.0. The number of hydrogen-bond acceptors (Lipinski definition) is 5. The van der Waals surface area contributed by atoms with Crippen molar-refractivity contribution in [3.05, 3.63) is 72.3 Å². The van der Waals surface area contributed by atoms with Crippen LogP contribution in [0, 0.1) is 13.8 Å². The summed E-state index contributed by atoms with van der Waals surface area (Å²) in [7, 11) is 1.71. The van der Waals surface area contributed by atoms with E-state index in [-0.39, 0.29) is 0 Å². The van der Waals surface area contributed by atoms with Gasteiger partial charge < -0.3 is 9.30 Å². The van der Waals surface area contributed by atoms with Crippen LogP contribution in [0.4, 0.5) is 0 Å². The molecular weight excluding hydrogens is 404 g/mol. The zero-order valence-corrected chi connectivity index (χ0v) is 18.7. The fraction of sp³-hybridized carbons (Fsp3) is 0.160. The van der Waals surface area contributed by atoms with Gasteiger partial charge in [-0.25, -0.2) is 15.0 Å². The normalized spacial score (nSPS) is 11.4. The van der Waals surface area contributed by atoms with Gasteiger partial charge in [0.15, 0.2) is 5.82 Å². The van der Waals surface area contributed by atoms with Gasteiger partial charge >= 0.3 is 0 Å². The summed E-state index contributed by atoms with van der Waals surface area (Å²) in [6, 6.07) is 17.3. The van der Waals surface area contributed by atoms with Gasteiger partial charge in [0.05, 0.1) is 23.8 Å². The number of ether oxygens (including phenoxy) is 1. The van der Waals surface area contributed by atoms with E-state index in [0.29, 0.717) is 5.82 Å². The van der Waals surface area contributed by atoms with Gasteiger partial charge in [0.25, 0.3) is 0 Å². The Balaban J connectivity index is 1.82. The number of benzene rings is 3. The van der Waals surface area contributed by atoms with Gasteiger partial charge in [-0.15, -0.1) is 11.8 Å². The highest BCUT2D eigenvalue weighted by Gasteiger charge is 2.17. The van der Waals surface area contributed by atoms with Crippen molar-refractivity contribution in [2.24, 2.45) is 0 Å². The van der Waals surface area contributed by atoms with Gasteiger partial charge in [-0.3, -0.25) is 0 Å². The van der Waals surface area contributed by atoms with Gasteiger partial charge in [0, 0.05) is 21.2 Å². The van der Waals surface area contributed by atoms with Crippen LogP contribution in [0.1, 0.15) is 11.1 Å². The molecule has 0 fully saturated rings. The summed E-state index contributed by atoms with van der Waals surface area (Å²) < 4.78 is 7.88. The van der Waals surface area contributed by atoms with E-state index in [9.17, 15) is 0 Å². The minimum atomic E-state index is 0.685. The number of nitrogens with zero attached hydrogens (tertiary/aromatic N) is 4. The van der Waals surface area contributed by atoms with Crippen molar-refractivity contribution in [1.29, 1.82) is 0 Å². The summed E-state index contributed by atoms with van der Waals surface area (Å²) in [4.78, 5) is 13.8. The first-order valence-corrected chi connectivity index (χ1v) is 11.2. The van der Waals surface area contributed by atoms with Crippen molar-refractivity contribution in [3.63, 3.8) is 0 Å². The molecule has 0 saturated carbocycles. The molecule has 0 spiro atoms. The highest BCUT2D eigenvalue weighted by molar-refractivity contribution is 7.98. The second-order valence-corrected chi connectivity index (χ2v) is 8.40. The van der Waals surface area contributed by atoms with E-state index >= 15 is 0 Å². The zero-order chi connectivity index (χ0) is 21.5. The van der Waals surface area contributed by atoms with Gasteiger partial charge in [-0.05, 0) is 79.8 Å². The monoisotopic (exact) mass is 426 g/mol. The third kappa shape index (κ3) is 3.24. The fourth-order valence-corrected chi connectivity index (χ4v) is 4.74. The zero-order valence-electron chi connectivity index (χ0n) is 17.9. The van der Waals surface area contributed by atoms with Crippen LogP contribution < -0.4 is 4.74 Å². The topological polar surface area (TPSA) is 52.8 Å². The minimum Gasteiger partial charge on any atom is -0.497 e. The summed E-state index contributed by atoms with van der Waals surface area (Å²) in [6.07, 6.45) is 5.17. The molecule has 31 heavy (non-hydrogen) atoms. The van der Waals surface area contributed by atoms with Crippen LogP contribution in [-0.2, 0) is 0 Å². The van der Waals surface area contributed by atoms with Crippen LogP contribution in [0.25, 0.3) is 38.9 Å². The third-order valence-electron chi connectivity index (χ3n) is 5.65. The number of aryl methyl sites for hydroxylation is 2. The molecule has 154 valence electrons. The molecule has 5 aromatic rings. The van der Waals surface area contributed by atoms with E-state index in [4.69, 9.17) is 4.74 Å². The average molecular weight is 427 g/mol. The van der Waals surface area contributed by atoms with Gasteiger partial charge in [-0.2, -0.15) is 0 Å². The predicted molar refractivity (Wildman–Crippen MR) is 127 cm³/mol. The smallest absolute Gasteiger partial charge is 0.162 e. The van der Waals surface area contributed by atoms with Crippen molar-refractivity contribution in [1.82, 2.24) is 19.5 Å². The molecule has 2 heterocycles. The highest BCUT2D eigenvalue weighted by Crippen LogP contribution is 2.38. The van der Waals surface area contributed by atoms with E-state index in [2.05, 4.69) is 82.1 Å². The lowest BCUT2D eigenvalue weighted by Gasteiger charge is -2.16. The van der Waals surface area contributed by atoms with E-state index in [1.807, 2.05) is 6.07 Å². The number of fused-ring (bicyclic) bond motifs is 3. The van der Waals surface area contributed by atoms with E-state index in [0.717, 1.165) is 16.8 Å². The van der Waals surface area contributed by atoms with Crippen LogP contribution in [0.5, 0.6) is 5.75 Å². The first kappa shape index (κ1) is 19.6. The van der Waals surface area contributed by atoms with Crippen molar-refractivity contribution < 1.29 is 4.74 Å². The van der Waals surface area contributed by atoms with Gasteiger partial charge in [0.2, 0.25) is 0 Å². The largest absolute Gasteiger partial charge is 0.497 e. The lowest BCUT2D eigenvalue weighted by molar-refractivity contribution is 0.415. The maximum Gasteiger partial charge on any atom is 0.162 e. The minimum absolute atomic E-state index is 0.685. The molecule has 0 unspecified atom stereocenters. The summed E-state index contributed by atoms with van der Waals surface area (Å²) in [6.45, 7) is 4.29. The SMILES string of the molecule is COc1ccc2c(c1)c1cc(SC)ccc1n2-c1c(C)cc(-c2ncncn2)cc1C. The Labute approximate surface area is 185 Å². The Kier molecular flexibility index (Phi) is 4.87. The first-order chi connectivity index (χ1) is 15.1. The van der Waals surface area contributed by atoms with Crippen LogP contribution in [0.3, 0.4) is 0 Å². The van der Waals surface area contributed by atoms with Crippen LogP contribution in [0.15, 0.2) is 66.1 Å². The van der Waals surface area contributed by atoms with Crippen molar-refractivity contribution in [2.45, 2.75) is 18.7 Å². The standard InChI is InChI=1S/C25H22N4OS/c1-15-9-17(25-27-13-26-14-28-25)10-16(2)24(15)29-22-7-5-18(30-3)11-20(22)21-12-19(31-4)6-8-23(21)29/h5-14H,1-4H3. The van der Waals surface area contributed by atoms with Crippen molar-refractivity contribution in [2.75, 3.05) is 13.4 Å². The maximum atomic E-state index is 5.52. The molecule has 3 aromatic carbocycles. The third-order valence-corrected chi connectivity index (χ3v) is 6.37. The molecule has 2 aromatic heterocycles. The molecule has 0 amide bonds. The Morgan fingerprint density at radius 1 is 0.839 bits per heavy atom. The fourth-order valence-electron chi connectivity index (χ4n) is 4.30. The molecule has 0 bridgehead atoms. The van der Waals surface area contributed by atoms with Crippen molar-refractivity contribution in [3.8, 4) is 22.8 Å². The molecular formula is C25H22N4OS. The number of hydrogen-bond donors (Lipinski definition) is 0. The number of rotatable bonds is 4. The van der Waals surface area contributed by atoms with Crippen LogP contribution in [0.2, 0.25) is 0 Å². The lowest BCUT2D eigenvalue weighted by Crippen LogP contribution is -2.01. The van der Waals surface area contributed by atoms with Crippen LogP contribution >= 0.6 is 11.8 Å². The molecule has 0 saturated heterocycles. The predicted octanol–water partition coefficient (Wildman–Crippen LogP) is 5.98. The molecule has 0 radical (unpaired) electrons. The molecule has 5 nitrogen and oxygen atoms in total.